The van der Waals surface area contributed by atoms with Gasteiger partial charge in [-0.15, -0.1) is 0 Å². The van der Waals surface area contributed by atoms with Crippen molar-refractivity contribution in [3.05, 3.63) is 11.7 Å². The van der Waals surface area contributed by atoms with Crippen LogP contribution >= 0.6 is 0 Å². The fourth-order valence-corrected chi connectivity index (χ4v) is 0.835. The van der Waals surface area contributed by atoms with Crippen molar-refractivity contribution in [1.29, 1.82) is 0 Å². The van der Waals surface area contributed by atoms with E-state index in [1.807, 2.05) is 6.92 Å². The number of hydrogen-bond donors (Lipinski definition) is 0. The van der Waals surface area contributed by atoms with Crippen LogP contribution in [0.5, 0.6) is 0 Å². The van der Waals surface area contributed by atoms with Gasteiger partial charge in [0.05, 0.1) is 12.5 Å². The molecule has 0 saturated carbocycles. The maximum absolute atomic E-state index is 4.94. The molecule has 0 aliphatic carbocycles. The molecule has 1 rings (SSSR count). The van der Waals surface area contributed by atoms with Crippen LogP contribution in [0.3, 0.4) is 0 Å². The lowest BCUT2D eigenvalue weighted by atomic mass is 10.2. The second kappa shape index (κ2) is 3.48. The van der Waals surface area contributed by atoms with Crippen LogP contribution < -0.4 is 0 Å². The van der Waals surface area contributed by atoms with E-state index in [2.05, 4.69) is 10.1 Å². The molecule has 0 spiro atoms. The molecule has 0 amide bonds. The molecule has 1 unspecified atom stereocenters. The first-order valence-corrected chi connectivity index (χ1v) is 3.53. The van der Waals surface area contributed by atoms with E-state index in [4.69, 9.17) is 9.26 Å². The van der Waals surface area contributed by atoms with E-state index in [1.165, 1.54) is 0 Å². The smallest absolute Gasteiger partial charge is 0.231 e. The number of hydrogen-bond acceptors (Lipinski definition) is 4. The Hall–Kier alpha value is -0.900. The van der Waals surface area contributed by atoms with Gasteiger partial charge in [0.1, 0.15) is 0 Å². The molecule has 0 radical (unpaired) electrons. The minimum Gasteiger partial charge on any atom is -0.384 e. The van der Waals surface area contributed by atoms with E-state index in [-0.39, 0.29) is 5.92 Å². The Labute approximate surface area is 65.6 Å². The van der Waals surface area contributed by atoms with Gasteiger partial charge in [-0.2, -0.15) is 4.98 Å². The number of methoxy groups -OCH3 is 1. The summed E-state index contributed by atoms with van der Waals surface area (Å²) in [5.74, 6) is 1.49. The molecule has 0 fully saturated rings. The van der Waals surface area contributed by atoms with Gasteiger partial charge in [0.25, 0.3) is 0 Å². The van der Waals surface area contributed by atoms with Gasteiger partial charge in [-0.3, -0.25) is 0 Å². The summed E-state index contributed by atoms with van der Waals surface area (Å²) in [6, 6.07) is 0. The average molecular weight is 156 g/mol. The standard InChI is InChI=1S/C7H12N2O2/c1-5(4-10-3)7-8-6(2)9-11-7/h5H,4H2,1-3H3. The first-order chi connectivity index (χ1) is 5.24. The monoisotopic (exact) mass is 156 g/mol. The highest BCUT2D eigenvalue weighted by Gasteiger charge is 2.11. The molecule has 4 nitrogen and oxygen atoms in total. The van der Waals surface area contributed by atoms with Gasteiger partial charge in [-0.25, -0.2) is 0 Å². The highest BCUT2D eigenvalue weighted by molar-refractivity contribution is 4.90. The summed E-state index contributed by atoms with van der Waals surface area (Å²) in [5, 5.41) is 3.68. The molecule has 0 aromatic carbocycles. The van der Waals surface area contributed by atoms with E-state index >= 15 is 0 Å². The lowest BCUT2D eigenvalue weighted by molar-refractivity contribution is 0.170. The normalized spacial score (nSPS) is 13.4. The molecule has 1 atom stereocenters. The van der Waals surface area contributed by atoms with Crippen LogP contribution in [-0.2, 0) is 4.74 Å². The summed E-state index contributed by atoms with van der Waals surface area (Å²) >= 11 is 0. The Morgan fingerprint density at radius 2 is 2.36 bits per heavy atom. The van der Waals surface area contributed by atoms with Gasteiger partial charge >= 0.3 is 0 Å². The van der Waals surface area contributed by atoms with Crippen LogP contribution in [0.4, 0.5) is 0 Å². The number of rotatable bonds is 3. The van der Waals surface area contributed by atoms with Crippen molar-refractivity contribution in [2.75, 3.05) is 13.7 Å². The van der Waals surface area contributed by atoms with Gasteiger partial charge < -0.3 is 9.26 Å². The van der Waals surface area contributed by atoms with Gasteiger partial charge in [0.15, 0.2) is 5.82 Å². The minimum absolute atomic E-state index is 0.182. The lowest BCUT2D eigenvalue weighted by Crippen LogP contribution is -2.01. The predicted molar refractivity (Wildman–Crippen MR) is 39.3 cm³/mol. The molecule has 62 valence electrons. The zero-order chi connectivity index (χ0) is 8.27. The van der Waals surface area contributed by atoms with Crippen LogP contribution in [0.15, 0.2) is 4.52 Å². The first kappa shape index (κ1) is 8.20. The molecule has 1 aromatic rings. The third-order valence-electron chi connectivity index (χ3n) is 1.38. The van der Waals surface area contributed by atoms with Gasteiger partial charge in [0, 0.05) is 7.11 Å². The van der Waals surface area contributed by atoms with Gasteiger partial charge in [0.2, 0.25) is 5.89 Å². The molecular formula is C7H12N2O2. The van der Waals surface area contributed by atoms with Crippen molar-refractivity contribution in [3.8, 4) is 0 Å². The van der Waals surface area contributed by atoms with Crippen molar-refractivity contribution in [2.24, 2.45) is 0 Å². The first-order valence-electron chi connectivity index (χ1n) is 3.53. The molecule has 4 heteroatoms. The molecule has 0 saturated heterocycles. The van der Waals surface area contributed by atoms with Crippen molar-refractivity contribution in [1.82, 2.24) is 10.1 Å². The highest BCUT2D eigenvalue weighted by Crippen LogP contribution is 2.11. The summed E-state index contributed by atoms with van der Waals surface area (Å²) in [6.45, 7) is 4.39. The molecule has 11 heavy (non-hydrogen) atoms. The SMILES string of the molecule is COCC(C)c1nc(C)no1. The van der Waals surface area contributed by atoms with E-state index in [0.29, 0.717) is 18.3 Å². The fourth-order valence-electron chi connectivity index (χ4n) is 0.835. The van der Waals surface area contributed by atoms with Gasteiger partial charge in [-0.1, -0.05) is 12.1 Å². The molecule has 1 heterocycles. The van der Waals surface area contributed by atoms with Crippen LogP contribution in [0.1, 0.15) is 24.6 Å². The highest BCUT2D eigenvalue weighted by atomic mass is 16.5. The molecular weight excluding hydrogens is 144 g/mol. The van der Waals surface area contributed by atoms with E-state index in [0.717, 1.165) is 0 Å². The lowest BCUT2D eigenvalue weighted by Gasteiger charge is -2.02. The number of ether oxygens (including phenoxy) is 1. The van der Waals surface area contributed by atoms with Crippen molar-refractivity contribution in [3.63, 3.8) is 0 Å². The Kier molecular flexibility index (Phi) is 2.59. The zero-order valence-electron chi connectivity index (χ0n) is 7.00. The van der Waals surface area contributed by atoms with Crippen molar-refractivity contribution in [2.45, 2.75) is 19.8 Å². The average Bonchev–Trinajstić information content (AvgIpc) is 2.36. The largest absolute Gasteiger partial charge is 0.384 e. The topological polar surface area (TPSA) is 48.2 Å². The van der Waals surface area contributed by atoms with E-state index in [9.17, 15) is 0 Å². The Morgan fingerprint density at radius 1 is 1.64 bits per heavy atom. The van der Waals surface area contributed by atoms with Crippen molar-refractivity contribution < 1.29 is 9.26 Å². The van der Waals surface area contributed by atoms with Crippen LogP contribution in [-0.4, -0.2) is 23.9 Å². The molecule has 0 aliphatic heterocycles. The summed E-state index contributed by atoms with van der Waals surface area (Å²) in [5.41, 5.74) is 0. The molecule has 0 N–H and O–H groups in total. The summed E-state index contributed by atoms with van der Waals surface area (Å²) in [6.07, 6.45) is 0. The van der Waals surface area contributed by atoms with Crippen LogP contribution in [0.2, 0.25) is 0 Å². The van der Waals surface area contributed by atoms with Crippen LogP contribution in [0.25, 0.3) is 0 Å². The summed E-state index contributed by atoms with van der Waals surface area (Å²) in [4.78, 5) is 4.07. The quantitative estimate of drug-likeness (QED) is 0.658. The van der Waals surface area contributed by atoms with Crippen molar-refractivity contribution >= 4 is 0 Å². The Morgan fingerprint density at radius 3 is 2.82 bits per heavy atom. The van der Waals surface area contributed by atoms with Crippen LogP contribution in [0, 0.1) is 6.92 Å². The third kappa shape index (κ3) is 2.01. The fraction of sp³-hybridized carbons (Fsp3) is 0.714. The number of aromatic nitrogens is 2. The molecule has 0 bridgehead atoms. The molecule has 1 aromatic heterocycles. The zero-order valence-corrected chi connectivity index (χ0v) is 7.00. The number of aryl methyl sites for hydroxylation is 1. The summed E-state index contributed by atoms with van der Waals surface area (Å²) < 4.78 is 9.88. The maximum Gasteiger partial charge on any atom is 0.231 e. The number of nitrogens with zero attached hydrogens (tertiary/aromatic N) is 2. The Balaban J connectivity index is 2.60. The maximum atomic E-state index is 4.94. The third-order valence-corrected chi connectivity index (χ3v) is 1.38. The molecule has 0 aliphatic rings. The Bertz CT molecular complexity index is 222. The second-order valence-electron chi connectivity index (χ2n) is 2.54. The minimum atomic E-state index is 0.182. The van der Waals surface area contributed by atoms with E-state index < -0.39 is 0 Å². The second-order valence-corrected chi connectivity index (χ2v) is 2.54. The predicted octanol–water partition coefficient (Wildman–Crippen LogP) is 1.13. The van der Waals surface area contributed by atoms with Gasteiger partial charge in [-0.05, 0) is 6.92 Å². The summed E-state index contributed by atoms with van der Waals surface area (Å²) in [7, 11) is 1.65. The van der Waals surface area contributed by atoms with E-state index in [1.54, 1.807) is 14.0 Å².